The molecule has 3 aromatic rings. The van der Waals surface area contributed by atoms with Gasteiger partial charge in [-0.05, 0) is 37.4 Å². The van der Waals surface area contributed by atoms with Gasteiger partial charge < -0.3 is 20.7 Å². The summed E-state index contributed by atoms with van der Waals surface area (Å²) in [6.45, 7) is 0.559. The fourth-order valence-corrected chi connectivity index (χ4v) is 3.59. The Hall–Kier alpha value is -3.38. The average molecular weight is 406 g/mol. The fourth-order valence-electron chi connectivity index (χ4n) is 3.59. The molecule has 1 aliphatic rings. The lowest BCUT2D eigenvalue weighted by Crippen LogP contribution is -2.42. The van der Waals surface area contributed by atoms with E-state index in [0.29, 0.717) is 40.9 Å². The third-order valence-electron chi connectivity index (χ3n) is 5.33. The van der Waals surface area contributed by atoms with Crippen molar-refractivity contribution in [3.63, 3.8) is 0 Å². The molecule has 4 N–H and O–H groups in total. The molecule has 8 nitrogen and oxygen atoms in total. The van der Waals surface area contributed by atoms with E-state index in [2.05, 4.69) is 16.9 Å². The average Bonchev–Trinajstić information content (AvgIpc) is 3.26. The van der Waals surface area contributed by atoms with E-state index in [9.17, 15) is 15.0 Å². The second-order valence-corrected chi connectivity index (χ2v) is 7.34. The van der Waals surface area contributed by atoms with Crippen LogP contribution in [-0.2, 0) is 0 Å². The van der Waals surface area contributed by atoms with Gasteiger partial charge in [0.1, 0.15) is 12.0 Å². The van der Waals surface area contributed by atoms with Crippen molar-refractivity contribution >= 4 is 16.8 Å². The van der Waals surface area contributed by atoms with Crippen LogP contribution in [0, 0.1) is 11.8 Å². The highest BCUT2D eigenvalue weighted by atomic mass is 16.5. The summed E-state index contributed by atoms with van der Waals surface area (Å²) < 4.78 is 6.90. The molecule has 1 fully saturated rings. The third-order valence-corrected chi connectivity index (χ3v) is 5.33. The monoisotopic (exact) mass is 406 g/mol. The molecule has 0 saturated carbocycles. The van der Waals surface area contributed by atoms with Gasteiger partial charge in [-0.1, -0.05) is 17.9 Å². The minimum absolute atomic E-state index is 0.163. The predicted octanol–water partition coefficient (Wildman–Crippen LogP) is 0.869. The number of carbonyl (C=O) groups excluding carboxylic acids is 1. The first-order valence-corrected chi connectivity index (χ1v) is 9.43. The number of hydrogen-bond donors (Lipinski definition) is 3. The number of benzene rings is 2. The molecule has 0 aliphatic carbocycles. The molecule has 2 aromatic carbocycles. The van der Waals surface area contributed by atoms with E-state index >= 15 is 0 Å². The van der Waals surface area contributed by atoms with Crippen molar-refractivity contribution in [1.29, 1.82) is 0 Å². The Morgan fingerprint density at radius 1 is 1.33 bits per heavy atom. The predicted molar refractivity (Wildman–Crippen MR) is 111 cm³/mol. The van der Waals surface area contributed by atoms with Gasteiger partial charge in [0.25, 0.3) is 5.91 Å². The van der Waals surface area contributed by atoms with Crippen LogP contribution in [-0.4, -0.2) is 63.3 Å². The number of methoxy groups -OCH3 is 1. The largest absolute Gasteiger partial charge is 0.497 e. The summed E-state index contributed by atoms with van der Waals surface area (Å²) >= 11 is 0. The number of amides is 1. The molecule has 0 bridgehead atoms. The Labute approximate surface area is 173 Å². The van der Waals surface area contributed by atoms with Crippen molar-refractivity contribution in [2.24, 2.45) is 5.73 Å². The molecule has 30 heavy (non-hydrogen) atoms. The summed E-state index contributed by atoms with van der Waals surface area (Å²) in [5, 5.41) is 25.8. The number of nitrogens with two attached hydrogens (primary N) is 1. The standard InChI is InChI=1S/C22H22N4O4/c1-25-11-10-22(29,21(25)28)9-8-14-4-3-5-15(12-14)26-18-13-16(30-2)6-7-17(18)19(24-26)20(23)27/h3-7,12-13,21,28-29H,10-11H2,1-2H3,(H2,23,27)/t21?,22-/m0/s1. The maximum atomic E-state index is 11.9. The molecule has 2 atom stereocenters. The van der Waals surface area contributed by atoms with Crippen LogP contribution in [0.4, 0.5) is 0 Å². The summed E-state index contributed by atoms with van der Waals surface area (Å²) in [5.74, 6) is 5.75. The number of primary amides is 1. The fraction of sp³-hybridized carbons (Fsp3) is 0.273. The van der Waals surface area contributed by atoms with Gasteiger partial charge in [-0.15, -0.1) is 0 Å². The van der Waals surface area contributed by atoms with E-state index in [1.807, 2.05) is 6.07 Å². The van der Waals surface area contributed by atoms with E-state index in [4.69, 9.17) is 10.5 Å². The lowest BCUT2D eigenvalue weighted by atomic mass is 10.0. The van der Waals surface area contributed by atoms with E-state index in [1.165, 1.54) is 0 Å². The van der Waals surface area contributed by atoms with Crippen molar-refractivity contribution < 1.29 is 19.7 Å². The van der Waals surface area contributed by atoms with Crippen LogP contribution in [0.3, 0.4) is 0 Å². The number of rotatable bonds is 3. The highest BCUT2D eigenvalue weighted by Crippen LogP contribution is 2.27. The molecule has 1 amide bonds. The first-order chi connectivity index (χ1) is 14.3. The molecule has 1 unspecified atom stereocenters. The van der Waals surface area contributed by atoms with Crippen molar-refractivity contribution in [3.8, 4) is 23.3 Å². The van der Waals surface area contributed by atoms with Gasteiger partial charge in [-0.2, -0.15) is 5.10 Å². The Morgan fingerprint density at radius 3 is 2.80 bits per heavy atom. The summed E-state index contributed by atoms with van der Waals surface area (Å²) in [6, 6.07) is 12.5. The van der Waals surface area contributed by atoms with E-state index in [-0.39, 0.29) is 5.69 Å². The van der Waals surface area contributed by atoms with Gasteiger partial charge >= 0.3 is 0 Å². The number of carbonyl (C=O) groups is 1. The topological polar surface area (TPSA) is 114 Å². The lowest BCUT2D eigenvalue weighted by Gasteiger charge is -2.22. The van der Waals surface area contributed by atoms with Gasteiger partial charge in [-0.25, -0.2) is 4.68 Å². The maximum absolute atomic E-state index is 11.9. The van der Waals surface area contributed by atoms with Gasteiger partial charge in [0.2, 0.25) is 0 Å². The van der Waals surface area contributed by atoms with E-state index in [0.717, 1.165) is 0 Å². The van der Waals surface area contributed by atoms with Crippen molar-refractivity contribution in [2.75, 3.05) is 20.7 Å². The number of aromatic nitrogens is 2. The molecule has 1 aromatic heterocycles. The minimum atomic E-state index is -1.48. The van der Waals surface area contributed by atoms with Gasteiger partial charge in [0, 0.05) is 30.0 Å². The number of likely N-dealkylation sites (N-methyl/N-ethyl adjacent to an activating group) is 1. The zero-order valence-corrected chi connectivity index (χ0v) is 16.7. The van der Waals surface area contributed by atoms with Crippen LogP contribution in [0.5, 0.6) is 5.75 Å². The number of fused-ring (bicyclic) bond motifs is 1. The number of ether oxygens (including phenoxy) is 1. The molecule has 8 heteroatoms. The summed E-state index contributed by atoms with van der Waals surface area (Å²) in [4.78, 5) is 13.5. The molecule has 154 valence electrons. The third kappa shape index (κ3) is 3.39. The highest BCUT2D eigenvalue weighted by Gasteiger charge is 2.42. The number of likely N-dealkylation sites (tertiary alicyclic amines) is 1. The first kappa shape index (κ1) is 19.9. The molecular formula is C22H22N4O4. The minimum Gasteiger partial charge on any atom is -0.497 e. The molecule has 0 spiro atoms. The van der Waals surface area contributed by atoms with Crippen molar-refractivity contribution in [3.05, 3.63) is 53.7 Å². The van der Waals surface area contributed by atoms with Crippen LogP contribution in [0.1, 0.15) is 22.5 Å². The molecule has 0 radical (unpaired) electrons. The maximum Gasteiger partial charge on any atom is 0.269 e. The normalized spacial score (nSPS) is 21.4. The number of hydrogen-bond acceptors (Lipinski definition) is 6. The number of aliphatic hydroxyl groups is 2. The van der Waals surface area contributed by atoms with E-state index in [1.54, 1.807) is 60.1 Å². The van der Waals surface area contributed by atoms with Crippen LogP contribution in [0.25, 0.3) is 16.6 Å². The van der Waals surface area contributed by atoms with Crippen molar-refractivity contribution in [1.82, 2.24) is 14.7 Å². The van der Waals surface area contributed by atoms with Gasteiger partial charge in [0.05, 0.1) is 18.3 Å². The lowest BCUT2D eigenvalue weighted by molar-refractivity contribution is -0.0633. The molecule has 2 heterocycles. The quantitative estimate of drug-likeness (QED) is 0.556. The van der Waals surface area contributed by atoms with Crippen LogP contribution in [0.15, 0.2) is 42.5 Å². The zero-order valence-electron chi connectivity index (χ0n) is 16.7. The Morgan fingerprint density at radius 2 is 2.13 bits per heavy atom. The molecule has 4 rings (SSSR count). The molecule has 1 aliphatic heterocycles. The summed E-state index contributed by atoms with van der Waals surface area (Å²) in [6.07, 6.45) is -0.669. The van der Waals surface area contributed by atoms with Gasteiger partial charge in [0.15, 0.2) is 11.3 Å². The van der Waals surface area contributed by atoms with Crippen molar-refractivity contribution in [2.45, 2.75) is 18.2 Å². The summed E-state index contributed by atoms with van der Waals surface area (Å²) in [5.41, 5.74) is 6.16. The summed E-state index contributed by atoms with van der Waals surface area (Å²) in [7, 11) is 3.30. The SMILES string of the molecule is COc1ccc2c(C(N)=O)nn(-c3cccc(C#C[C@]4(O)CCN(C)C4O)c3)c2c1. The van der Waals surface area contributed by atoms with Gasteiger partial charge in [-0.3, -0.25) is 9.69 Å². The number of aliphatic hydroxyl groups excluding tert-OH is 1. The zero-order chi connectivity index (χ0) is 21.5. The van der Waals surface area contributed by atoms with Crippen LogP contribution < -0.4 is 10.5 Å². The Bertz CT molecular complexity index is 1190. The first-order valence-electron chi connectivity index (χ1n) is 9.43. The Balaban J connectivity index is 1.78. The molecule has 1 saturated heterocycles. The second-order valence-electron chi connectivity index (χ2n) is 7.34. The highest BCUT2D eigenvalue weighted by molar-refractivity contribution is 6.04. The Kier molecular flexibility index (Phi) is 4.95. The van der Waals surface area contributed by atoms with E-state index < -0.39 is 17.7 Å². The molecular weight excluding hydrogens is 384 g/mol. The van der Waals surface area contributed by atoms with Crippen LogP contribution in [0.2, 0.25) is 0 Å². The second kappa shape index (κ2) is 7.46. The number of nitrogens with zero attached hydrogens (tertiary/aromatic N) is 3. The van der Waals surface area contributed by atoms with Crippen LogP contribution >= 0.6 is 0 Å². The smallest absolute Gasteiger partial charge is 0.269 e.